The topological polar surface area (TPSA) is 49.3 Å². The Kier molecular flexibility index (Phi) is 9.95. The van der Waals surface area contributed by atoms with Crippen LogP contribution < -0.4 is 10.6 Å². The molecule has 0 aliphatic rings. The maximum Gasteiger partial charge on any atom is 0.190 e. The van der Waals surface area contributed by atoms with E-state index in [1.54, 1.807) is 24.5 Å². The average molecular weight is 499 g/mol. The second-order valence-electron chi connectivity index (χ2n) is 5.06. The molecule has 132 valence electrons. The number of aromatic nitrogens is 1. The fourth-order valence-electron chi connectivity index (χ4n) is 2.13. The maximum atomic E-state index is 6.00. The molecule has 0 radical (unpaired) electrons. The molecule has 0 unspecified atom stereocenters. The van der Waals surface area contributed by atoms with Crippen molar-refractivity contribution in [1.29, 1.82) is 0 Å². The first-order chi connectivity index (χ1) is 11.1. The van der Waals surface area contributed by atoms with Crippen molar-refractivity contribution in [3.8, 4) is 0 Å². The summed E-state index contributed by atoms with van der Waals surface area (Å²) in [5.74, 6) is 0.782. The quantitative estimate of drug-likeness (QED) is 0.354. The minimum absolute atomic E-state index is 0. The molecule has 0 aliphatic heterocycles. The maximum absolute atomic E-state index is 6.00. The fourth-order valence-corrected chi connectivity index (χ4v) is 3.35. The number of thiazole rings is 1. The molecule has 0 saturated carbocycles. The molecule has 2 N–H and O–H groups in total. The number of halogens is 3. The summed E-state index contributed by atoms with van der Waals surface area (Å²) >= 11 is 13.7. The Hall–Kier alpha value is -0.570. The molecule has 8 heteroatoms. The highest BCUT2D eigenvalue weighted by Gasteiger charge is 2.02. The third kappa shape index (κ3) is 7.55. The van der Waals surface area contributed by atoms with Gasteiger partial charge in [0.2, 0.25) is 0 Å². The molecule has 0 fully saturated rings. The molecule has 1 heterocycles. The van der Waals surface area contributed by atoms with Crippen molar-refractivity contribution in [2.24, 2.45) is 4.99 Å². The van der Waals surface area contributed by atoms with E-state index in [1.165, 1.54) is 0 Å². The molecular weight excluding hydrogens is 478 g/mol. The molecule has 0 amide bonds. The lowest BCUT2D eigenvalue weighted by molar-refractivity contribution is 0.777. The van der Waals surface area contributed by atoms with E-state index in [0.717, 1.165) is 48.2 Å². The molecule has 0 aliphatic carbocycles. The first kappa shape index (κ1) is 21.5. The van der Waals surface area contributed by atoms with Gasteiger partial charge in [-0.15, -0.1) is 35.3 Å². The van der Waals surface area contributed by atoms with Crippen LogP contribution in [0.2, 0.25) is 10.0 Å². The van der Waals surface area contributed by atoms with E-state index in [-0.39, 0.29) is 24.0 Å². The van der Waals surface area contributed by atoms with Crippen LogP contribution in [0.25, 0.3) is 0 Å². The number of aliphatic imine (C=N–C) groups is 1. The third-order valence-electron chi connectivity index (χ3n) is 3.19. The van der Waals surface area contributed by atoms with E-state index in [1.807, 2.05) is 19.1 Å². The van der Waals surface area contributed by atoms with Crippen LogP contribution in [0.4, 0.5) is 0 Å². The molecule has 24 heavy (non-hydrogen) atoms. The number of hydrogen-bond donors (Lipinski definition) is 2. The van der Waals surface area contributed by atoms with Crippen LogP contribution in [0.1, 0.15) is 16.3 Å². The van der Waals surface area contributed by atoms with Gasteiger partial charge in [-0.25, -0.2) is 4.98 Å². The van der Waals surface area contributed by atoms with Gasteiger partial charge in [0.05, 0.1) is 10.7 Å². The van der Waals surface area contributed by atoms with Crippen molar-refractivity contribution >= 4 is 64.5 Å². The smallest absolute Gasteiger partial charge is 0.190 e. The van der Waals surface area contributed by atoms with Crippen LogP contribution in [-0.2, 0) is 12.8 Å². The zero-order valence-corrected chi connectivity index (χ0v) is 18.3. The second kappa shape index (κ2) is 11.1. The molecule has 4 nitrogen and oxygen atoms in total. The number of rotatable bonds is 6. The molecule has 2 rings (SSSR count). The van der Waals surface area contributed by atoms with Crippen molar-refractivity contribution in [1.82, 2.24) is 15.6 Å². The SMILES string of the molecule is CN=C(NCCc1cc(Cl)cc(Cl)c1)NCCc1csc(C)n1.I. The molecule has 0 saturated heterocycles. The van der Waals surface area contributed by atoms with Gasteiger partial charge in [-0.2, -0.15) is 0 Å². The fraction of sp³-hybridized carbons (Fsp3) is 0.375. The standard InChI is InChI=1S/C16H20Cl2N4S.HI/c1-11-22-15(10-23-11)4-6-21-16(19-2)20-5-3-12-7-13(17)9-14(18)8-12;/h7-10H,3-6H2,1-2H3,(H2,19,20,21);1H. The van der Waals surface area contributed by atoms with Gasteiger partial charge in [0, 0.05) is 42.0 Å². The summed E-state index contributed by atoms with van der Waals surface area (Å²) < 4.78 is 0. The molecule has 0 bridgehead atoms. The highest BCUT2D eigenvalue weighted by atomic mass is 127. The lowest BCUT2D eigenvalue weighted by Gasteiger charge is -2.11. The van der Waals surface area contributed by atoms with Crippen molar-refractivity contribution in [3.05, 3.63) is 49.9 Å². The Morgan fingerprint density at radius 1 is 1.12 bits per heavy atom. The molecule has 0 atom stereocenters. The lowest BCUT2D eigenvalue weighted by atomic mass is 10.1. The Morgan fingerprint density at radius 2 is 1.75 bits per heavy atom. The minimum atomic E-state index is 0. The number of guanidine groups is 1. The van der Waals surface area contributed by atoms with E-state index in [2.05, 4.69) is 26.0 Å². The van der Waals surface area contributed by atoms with Crippen molar-refractivity contribution < 1.29 is 0 Å². The van der Waals surface area contributed by atoms with Crippen LogP contribution in [0.5, 0.6) is 0 Å². The zero-order chi connectivity index (χ0) is 16.7. The molecule has 0 spiro atoms. The van der Waals surface area contributed by atoms with Gasteiger partial charge in [0.1, 0.15) is 0 Å². The third-order valence-corrected chi connectivity index (χ3v) is 4.45. The van der Waals surface area contributed by atoms with Crippen molar-refractivity contribution in [3.63, 3.8) is 0 Å². The normalized spacial score (nSPS) is 11.1. The van der Waals surface area contributed by atoms with Gasteiger partial charge in [0.25, 0.3) is 0 Å². The first-order valence-electron chi connectivity index (χ1n) is 7.37. The van der Waals surface area contributed by atoms with E-state index in [9.17, 15) is 0 Å². The Balaban J connectivity index is 0.00000288. The first-order valence-corrected chi connectivity index (χ1v) is 9.01. The summed E-state index contributed by atoms with van der Waals surface area (Å²) in [5.41, 5.74) is 2.22. The van der Waals surface area contributed by atoms with E-state index in [4.69, 9.17) is 23.2 Å². The number of hydrogen-bond acceptors (Lipinski definition) is 3. The molecule has 1 aromatic heterocycles. The molecular formula is C16H21Cl2IN4S. The van der Waals surface area contributed by atoms with E-state index in [0.29, 0.717) is 10.0 Å². The van der Waals surface area contributed by atoms with E-state index < -0.39 is 0 Å². The van der Waals surface area contributed by atoms with Gasteiger partial charge in [-0.05, 0) is 37.1 Å². The number of aryl methyl sites for hydroxylation is 1. The highest BCUT2D eigenvalue weighted by Crippen LogP contribution is 2.19. The lowest BCUT2D eigenvalue weighted by Crippen LogP contribution is -2.39. The zero-order valence-electron chi connectivity index (χ0n) is 13.6. The summed E-state index contributed by atoms with van der Waals surface area (Å²) in [4.78, 5) is 8.66. The summed E-state index contributed by atoms with van der Waals surface area (Å²) in [6.45, 7) is 3.57. The van der Waals surface area contributed by atoms with Gasteiger partial charge in [-0.1, -0.05) is 23.2 Å². The number of nitrogens with zero attached hydrogens (tertiary/aromatic N) is 2. The highest BCUT2D eigenvalue weighted by molar-refractivity contribution is 14.0. The van der Waals surface area contributed by atoms with Crippen LogP contribution in [-0.4, -0.2) is 31.1 Å². The molecule has 2 aromatic rings. The molecule has 1 aromatic carbocycles. The Morgan fingerprint density at radius 3 is 2.29 bits per heavy atom. The van der Waals surface area contributed by atoms with Gasteiger partial charge >= 0.3 is 0 Å². The Labute approximate surface area is 174 Å². The van der Waals surface area contributed by atoms with Crippen molar-refractivity contribution in [2.45, 2.75) is 19.8 Å². The van der Waals surface area contributed by atoms with E-state index >= 15 is 0 Å². The summed E-state index contributed by atoms with van der Waals surface area (Å²) in [6, 6.07) is 5.59. The predicted molar refractivity (Wildman–Crippen MR) is 116 cm³/mol. The second-order valence-corrected chi connectivity index (χ2v) is 7.00. The van der Waals surface area contributed by atoms with Gasteiger partial charge < -0.3 is 10.6 Å². The number of nitrogens with one attached hydrogen (secondary N) is 2. The van der Waals surface area contributed by atoms with Crippen LogP contribution >= 0.6 is 58.5 Å². The van der Waals surface area contributed by atoms with Crippen molar-refractivity contribution in [2.75, 3.05) is 20.1 Å². The number of benzene rings is 1. The van der Waals surface area contributed by atoms with Crippen LogP contribution in [0.3, 0.4) is 0 Å². The predicted octanol–water partition coefficient (Wildman–Crippen LogP) is 4.33. The van der Waals surface area contributed by atoms with Gasteiger partial charge in [-0.3, -0.25) is 4.99 Å². The average Bonchev–Trinajstić information content (AvgIpc) is 2.90. The van der Waals surface area contributed by atoms with Crippen LogP contribution in [0.15, 0.2) is 28.6 Å². The Bertz CT molecular complexity index is 656. The monoisotopic (exact) mass is 498 g/mol. The summed E-state index contributed by atoms with van der Waals surface area (Å²) in [6.07, 6.45) is 1.71. The van der Waals surface area contributed by atoms with Crippen LogP contribution in [0, 0.1) is 6.92 Å². The summed E-state index contributed by atoms with van der Waals surface area (Å²) in [7, 11) is 1.76. The van der Waals surface area contributed by atoms with Gasteiger partial charge in [0.15, 0.2) is 5.96 Å². The summed E-state index contributed by atoms with van der Waals surface area (Å²) in [5, 5.41) is 11.1. The minimum Gasteiger partial charge on any atom is -0.356 e. The largest absolute Gasteiger partial charge is 0.356 e.